The summed E-state index contributed by atoms with van der Waals surface area (Å²) in [6.45, 7) is 0. The van der Waals surface area contributed by atoms with E-state index in [0.717, 1.165) is 16.9 Å². The number of anilines is 2. The van der Waals surface area contributed by atoms with Crippen LogP contribution in [0.4, 0.5) is 11.4 Å². The second-order valence-electron chi connectivity index (χ2n) is 3.88. The monoisotopic (exact) mass is 234 g/mol. The van der Waals surface area contributed by atoms with Gasteiger partial charge in [-0.1, -0.05) is 42.5 Å². The molecule has 2 aromatic carbocycles. The molecule has 0 saturated carbocycles. The lowest BCUT2D eigenvalue weighted by molar-refractivity contribution is 1.36. The summed E-state index contributed by atoms with van der Waals surface area (Å²) in [6, 6.07) is 20.2. The lowest BCUT2D eigenvalue weighted by atomic mass is 10.2. The second kappa shape index (κ2) is 6.27. The van der Waals surface area contributed by atoms with Crippen LogP contribution >= 0.6 is 0 Å². The summed E-state index contributed by atoms with van der Waals surface area (Å²) in [5, 5.41) is 11.8. The number of hydrogen-bond donors (Lipinski definition) is 1. The van der Waals surface area contributed by atoms with Gasteiger partial charge in [-0.2, -0.15) is 5.26 Å². The SMILES string of the molecule is N#CCC=Cc1ccc(Nc2ccccc2)cc1. The van der Waals surface area contributed by atoms with Crippen LogP contribution in [-0.4, -0.2) is 0 Å². The van der Waals surface area contributed by atoms with Crippen LogP contribution in [0.25, 0.3) is 6.08 Å². The molecule has 0 radical (unpaired) electrons. The van der Waals surface area contributed by atoms with Crippen molar-refractivity contribution in [1.82, 2.24) is 0 Å². The quantitative estimate of drug-likeness (QED) is 0.853. The molecular formula is C16H14N2. The highest BCUT2D eigenvalue weighted by molar-refractivity contribution is 5.62. The molecule has 2 rings (SSSR count). The number of rotatable bonds is 4. The van der Waals surface area contributed by atoms with Gasteiger partial charge in [0.2, 0.25) is 0 Å². The van der Waals surface area contributed by atoms with Crippen molar-refractivity contribution in [3.63, 3.8) is 0 Å². The number of benzene rings is 2. The minimum absolute atomic E-state index is 0.448. The molecule has 0 aliphatic rings. The van der Waals surface area contributed by atoms with Gasteiger partial charge in [-0.3, -0.25) is 0 Å². The molecule has 0 bridgehead atoms. The highest BCUT2D eigenvalue weighted by Crippen LogP contribution is 2.17. The van der Waals surface area contributed by atoms with Gasteiger partial charge < -0.3 is 5.32 Å². The third kappa shape index (κ3) is 3.50. The molecule has 0 aliphatic heterocycles. The highest BCUT2D eigenvalue weighted by Gasteiger charge is 1.93. The third-order valence-electron chi connectivity index (χ3n) is 2.49. The second-order valence-corrected chi connectivity index (χ2v) is 3.88. The minimum Gasteiger partial charge on any atom is -0.356 e. The molecule has 0 heterocycles. The molecule has 0 unspecified atom stereocenters. The standard InChI is InChI=1S/C16H14N2/c17-13-5-4-6-14-9-11-16(12-10-14)18-15-7-2-1-3-8-15/h1-4,6-12,18H,5H2. The van der Waals surface area contributed by atoms with E-state index in [2.05, 4.69) is 11.4 Å². The number of nitriles is 1. The summed E-state index contributed by atoms with van der Waals surface area (Å²) >= 11 is 0. The molecule has 0 fully saturated rings. The third-order valence-corrected chi connectivity index (χ3v) is 2.49. The molecule has 0 aromatic heterocycles. The Morgan fingerprint density at radius 2 is 1.61 bits per heavy atom. The van der Waals surface area contributed by atoms with Crippen LogP contribution in [-0.2, 0) is 0 Å². The molecule has 2 aromatic rings. The number of para-hydroxylation sites is 1. The minimum atomic E-state index is 0.448. The predicted octanol–water partition coefficient (Wildman–Crippen LogP) is 4.36. The molecule has 0 aliphatic carbocycles. The zero-order valence-corrected chi connectivity index (χ0v) is 10.0. The van der Waals surface area contributed by atoms with E-state index in [4.69, 9.17) is 5.26 Å². The van der Waals surface area contributed by atoms with Crippen molar-refractivity contribution in [2.45, 2.75) is 6.42 Å². The average Bonchev–Trinajstić information content (AvgIpc) is 2.42. The molecule has 0 atom stereocenters. The fraction of sp³-hybridized carbons (Fsp3) is 0.0625. The number of nitrogens with one attached hydrogen (secondary N) is 1. The van der Waals surface area contributed by atoms with Gasteiger partial charge in [0.25, 0.3) is 0 Å². The van der Waals surface area contributed by atoms with Gasteiger partial charge in [0.05, 0.1) is 12.5 Å². The first kappa shape index (κ1) is 11.9. The Balaban J connectivity index is 2.02. The van der Waals surface area contributed by atoms with Crippen LogP contribution in [0.2, 0.25) is 0 Å². The van der Waals surface area contributed by atoms with Gasteiger partial charge in [0, 0.05) is 11.4 Å². The van der Waals surface area contributed by atoms with Gasteiger partial charge in [0.15, 0.2) is 0 Å². The molecule has 2 heteroatoms. The maximum absolute atomic E-state index is 8.44. The number of hydrogen-bond acceptors (Lipinski definition) is 2. The summed E-state index contributed by atoms with van der Waals surface area (Å²) in [5.41, 5.74) is 3.23. The Bertz CT molecular complexity index is 548. The summed E-state index contributed by atoms with van der Waals surface area (Å²) in [5.74, 6) is 0. The van der Waals surface area contributed by atoms with E-state index in [0.29, 0.717) is 6.42 Å². The van der Waals surface area contributed by atoms with Crippen LogP contribution in [0.3, 0.4) is 0 Å². The predicted molar refractivity (Wildman–Crippen MR) is 75.4 cm³/mol. The topological polar surface area (TPSA) is 35.8 Å². The lowest BCUT2D eigenvalue weighted by Gasteiger charge is -2.06. The molecule has 0 saturated heterocycles. The van der Waals surface area contributed by atoms with Gasteiger partial charge in [-0.05, 0) is 29.8 Å². The van der Waals surface area contributed by atoms with E-state index < -0.39 is 0 Å². The summed E-state index contributed by atoms with van der Waals surface area (Å²) in [4.78, 5) is 0. The van der Waals surface area contributed by atoms with Crippen LogP contribution in [0.5, 0.6) is 0 Å². The fourth-order valence-electron chi connectivity index (χ4n) is 1.61. The van der Waals surface area contributed by atoms with Crippen molar-refractivity contribution >= 4 is 17.5 Å². The van der Waals surface area contributed by atoms with Crippen molar-refractivity contribution in [1.29, 1.82) is 5.26 Å². The summed E-state index contributed by atoms with van der Waals surface area (Å²) in [6.07, 6.45) is 4.26. The van der Waals surface area contributed by atoms with E-state index in [-0.39, 0.29) is 0 Å². The largest absolute Gasteiger partial charge is 0.356 e. The smallest absolute Gasteiger partial charge is 0.0663 e. The molecule has 0 spiro atoms. The van der Waals surface area contributed by atoms with Gasteiger partial charge >= 0.3 is 0 Å². The van der Waals surface area contributed by atoms with Crippen LogP contribution in [0.15, 0.2) is 60.7 Å². The molecule has 2 nitrogen and oxygen atoms in total. The van der Waals surface area contributed by atoms with Crippen LogP contribution < -0.4 is 5.32 Å². The number of allylic oxidation sites excluding steroid dienone is 1. The first-order chi connectivity index (χ1) is 8.88. The Hall–Kier alpha value is -2.53. The average molecular weight is 234 g/mol. The zero-order chi connectivity index (χ0) is 12.6. The highest BCUT2D eigenvalue weighted by atomic mass is 14.9. The maximum Gasteiger partial charge on any atom is 0.0663 e. The Morgan fingerprint density at radius 1 is 0.944 bits per heavy atom. The Kier molecular flexibility index (Phi) is 4.16. The summed E-state index contributed by atoms with van der Waals surface area (Å²) < 4.78 is 0. The normalized spacial score (nSPS) is 10.2. The van der Waals surface area contributed by atoms with Gasteiger partial charge in [-0.15, -0.1) is 0 Å². The van der Waals surface area contributed by atoms with Gasteiger partial charge in [-0.25, -0.2) is 0 Å². The molecule has 0 amide bonds. The van der Waals surface area contributed by atoms with Crippen molar-refractivity contribution in [3.05, 3.63) is 66.2 Å². The maximum atomic E-state index is 8.44. The van der Waals surface area contributed by atoms with E-state index >= 15 is 0 Å². The van der Waals surface area contributed by atoms with Crippen molar-refractivity contribution in [3.8, 4) is 6.07 Å². The first-order valence-corrected chi connectivity index (χ1v) is 5.84. The Morgan fingerprint density at radius 3 is 2.28 bits per heavy atom. The van der Waals surface area contributed by atoms with Crippen molar-refractivity contribution < 1.29 is 0 Å². The Labute approximate surface area is 107 Å². The summed E-state index contributed by atoms with van der Waals surface area (Å²) in [7, 11) is 0. The molecular weight excluding hydrogens is 220 g/mol. The lowest BCUT2D eigenvalue weighted by Crippen LogP contribution is -1.88. The van der Waals surface area contributed by atoms with Crippen molar-refractivity contribution in [2.75, 3.05) is 5.32 Å². The molecule has 1 N–H and O–H groups in total. The molecule has 88 valence electrons. The van der Waals surface area contributed by atoms with E-state index in [1.807, 2.05) is 66.7 Å². The van der Waals surface area contributed by atoms with E-state index in [1.54, 1.807) is 0 Å². The van der Waals surface area contributed by atoms with Crippen LogP contribution in [0, 0.1) is 11.3 Å². The van der Waals surface area contributed by atoms with Crippen LogP contribution in [0.1, 0.15) is 12.0 Å². The zero-order valence-electron chi connectivity index (χ0n) is 10.0. The van der Waals surface area contributed by atoms with Gasteiger partial charge in [0.1, 0.15) is 0 Å². The number of nitrogens with zero attached hydrogens (tertiary/aromatic N) is 1. The van der Waals surface area contributed by atoms with E-state index in [9.17, 15) is 0 Å². The molecule has 18 heavy (non-hydrogen) atoms. The van der Waals surface area contributed by atoms with Crippen molar-refractivity contribution in [2.24, 2.45) is 0 Å². The van der Waals surface area contributed by atoms with E-state index in [1.165, 1.54) is 0 Å². The fourth-order valence-corrected chi connectivity index (χ4v) is 1.61. The first-order valence-electron chi connectivity index (χ1n) is 5.84.